The normalized spacial score (nSPS) is 17.5. The number of fused-ring (bicyclic) bond motifs is 2. The number of benzene rings is 4. The Labute approximate surface area is 287 Å². The average molecular weight is 700 g/mol. The van der Waals surface area contributed by atoms with Crippen molar-refractivity contribution in [1.29, 1.82) is 0 Å². The number of hydrogen-bond donors (Lipinski definition) is 0. The van der Waals surface area contributed by atoms with Gasteiger partial charge < -0.3 is 0 Å². The molecule has 236 valence electrons. The molecule has 0 nitrogen and oxygen atoms in total. The van der Waals surface area contributed by atoms with Crippen molar-refractivity contribution in [3.8, 4) is 22.3 Å². The van der Waals surface area contributed by atoms with Gasteiger partial charge in [0.15, 0.2) is 0 Å². The van der Waals surface area contributed by atoms with Crippen LogP contribution in [0.1, 0.15) is 103 Å². The summed E-state index contributed by atoms with van der Waals surface area (Å²) in [4.78, 5) is 0. The fourth-order valence-electron chi connectivity index (χ4n) is 7.78. The second-order valence-electron chi connectivity index (χ2n) is 16.3. The molecule has 0 radical (unpaired) electrons. The Morgan fingerprint density at radius 2 is 1.02 bits per heavy atom. The van der Waals surface area contributed by atoms with Gasteiger partial charge in [0, 0.05) is 0 Å². The van der Waals surface area contributed by atoms with Crippen molar-refractivity contribution in [2.45, 2.75) is 93.5 Å². The van der Waals surface area contributed by atoms with E-state index in [2.05, 4.69) is 172 Å². The Kier molecular flexibility index (Phi) is 9.06. The predicted octanol–water partition coefficient (Wildman–Crippen LogP) is 12.7. The SMILES string of the molecule is CC1=Cc2c(-c3ccc(C(C)(C)C)cc3)cccc2[CH]1[Zr]([CH]1C(C(C)C)=Cc2c(-c3ccc(C(C)(C)C)cc3)cccc21)=[Si](C)C. The third-order valence-electron chi connectivity index (χ3n) is 10.4. The zero-order valence-electron chi connectivity index (χ0n) is 30.0. The first-order chi connectivity index (χ1) is 21.7. The van der Waals surface area contributed by atoms with Crippen LogP contribution in [0, 0.1) is 5.92 Å². The van der Waals surface area contributed by atoms with E-state index in [0.717, 1.165) is 0 Å². The molecule has 0 saturated heterocycles. The van der Waals surface area contributed by atoms with Gasteiger partial charge in [-0.25, -0.2) is 0 Å². The molecule has 2 heteroatoms. The molecule has 2 atom stereocenters. The second kappa shape index (κ2) is 12.5. The van der Waals surface area contributed by atoms with Crippen LogP contribution in [0.4, 0.5) is 0 Å². The van der Waals surface area contributed by atoms with Crippen molar-refractivity contribution in [3.05, 3.63) is 129 Å². The van der Waals surface area contributed by atoms with Gasteiger partial charge in [-0.2, -0.15) is 0 Å². The molecule has 0 fully saturated rings. The van der Waals surface area contributed by atoms with E-state index < -0.39 is 25.8 Å². The third-order valence-corrected chi connectivity index (χ3v) is 30.0. The average Bonchev–Trinajstić information content (AvgIpc) is 3.54. The van der Waals surface area contributed by atoms with Crippen LogP contribution in [0.15, 0.2) is 96.1 Å². The van der Waals surface area contributed by atoms with E-state index in [9.17, 15) is 0 Å². The molecule has 0 bridgehead atoms. The van der Waals surface area contributed by atoms with Gasteiger partial charge in [-0.3, -0.25) is 0 Å². The Morgan fingerprint density at radius 3 is 1.43 bits per heavy atom. The quantitative estimate of drug-likeness (QED) is 0.182. The minimum atomic E-state index is -2.19. The number of rotatable bonds is 5. The molecule has 2 aliphatic carbocycles. The molecule has 0 saturated carbocycles. The third kappa shape index (κ3) is 6.10. The standard InChI is InChI=1S/C22H25.C20H21.C2H6Si.Zr/c1-15(2)18-13-17-7-6-8-20(21(17)14-18)16-9-11-19(12-10-16)22(3,4)5;1-14-12-16-6-5-7-18(19(16)13-14)15-8-10-17(11-9-15)20(2,3)4;1-3-2;/h6-15H,1-5H3;5-13H,1-4H3;1-2H3;. The molecule has 0 heterocycles. The zero-order valence-corrected chi connectivity index (χ0v) is 33.4. The van der Waals surface area contributed by atoms with E-state index in [4.69, 9.17) is 0 Å². The van der Waals surface area contributed by atoms with Gasteiger partial charge in [-0.15, -0.1) is 0 Å². The summed E-state index contributed by atoms with van der Waals surface area (Å²) in [5, 5.41) is 0. The summed E-state index contributed by atoms with van der Waals surface area (Å²) in [7, 11) is 0. The molecular weight excluding hydrogens is 648 g/mol. The molecule has 0 aromatic heterocycles. The van der Waals surface area contributed by atoms with Gasteiger partial charge in [-0.1, -0.05) is 0 Å². The molecule has 4 aromatic carbocycles. The van der Waals surface area contributed by atoms with Gasteiger partial charge in [0.05, 0.1) is 0 Å². The molecule has 0 aliphatic heterocycles. The first-order valence-electron chi connectivity index (χ1n) is 17.2. The van der Waals surface area contributed by atoms with Gasteiger partial charge in [0.1, 0.15) is 0 Å². The first-order valence-corrected chi connectivity index (χ1v) is 26.2. The molecule has 46 heavy (non-hydrogen) atoms. The molecule has 2 unspecified atom stereocenters. The van der Waals surface area contributed by atoms with Gasteiger partial charge in [0.25, 0.3) is 0 Å². The van der Waals surface area contributed by atoms with Crippen LogP contribution >= 0.6 is 0 Å². The molecule has 6 rings (SSSR count). The number of hydrogen-bond acceptors (Lipinski definition) is 0. The van der Waals surface area contributed by atoms with Crippen molar-refractivity contribution < 1.29 is 20.4 Å². The van der Waals surface area contributed by atoms with Crippen LogP contribution in [0.5, 0.6) is 0 Å². The Bertz CT molecular complexity index is 1880. The first kappa shape index (κ1) is 33.4. The summed E-state index contributed by atoms with van der Waals surface area (Å²) >= 11 is -2.19. The zero-order chi connectivity index (χ0) is 33.1. The van der Waals surface area contributed by atoms with E-state index in [1.165, 1.54) is 44.5 Å². The van der Waals surface area contributed by atoms with E-state index >= 15 is 0 Å². The van der Waals surface area contributed by atoms with Crippen LogP contribution in [-0.2, 0) is 31.2 Å². The Hall–Kier alpha value is -2.54. The van der Waals surface area contributed by atoms with Crippen molar-refractivity contribution >= 4 is 17.6 Å². The Balaban J connectivity index is 1.45. The fourth-order valence-corrected chi connectivity index (χ4v) is 28.6. The van der Waals surface area contributed by atoms with Gasteiger partial charge in [0.2, 0.25) is 0 Å². The van der Waals surface area contributed by atoms with Gasteiger partial charge >= 0.3 is 289 Å². The summed E-state index contributed by atoms with van der Waals surface area (Å²) in [5.74, 6) is 0.545. The topological polar surface area (TPSA) is 0 Å². The van der Waals surface area contributed by atoms with Crippen LogP contribution in [0.25, 0.3) is 34.4 Å². The van der Waals surface area contributed by atoms with E-state index in [1.54, 1.807) is 22.3 Å². The maximum absolute atomic E-state index is 2.64. The van der Waals surface area contributed by atoms with Gasteiger partial charge in [-0.05, 0) is 0 Å². The van der Waals surface area contributed by atoms with Crippen LogP contribution < -0.4 is 0 Å². The Morgan fingerprint density at radius 1 is 0.587 bits per heavy atom. The van der Waals surface area contributed by atoms with Crippen molar-refractivity contribution in [2.75, 3.05) is 0 Å². The summed E-state index contributed by atoms with van der Waals surface area (Å²) in [6.45, 7) is 26.4. The van der Waals surface area contributed by atoms with Crippen molar-refractivity contribution in [3.63, 3.8) is 0 Å². The van der Waals surface area contributed by atoms with E-state index in [-0.39, 0.29) is 10.8 Å². The second-order valence-corrected chi connectivity index (χ2v) is 34.1. The summed E-state index contributed by atoms with van der Waals surface area (Å²) in [6, 6.07) is 33.1. The predicted molar refractivity (Wildman–Crippen MR) is 201 cm³/mol. The molecule has 2 aliphatic rings. The van der Waals surface area contributed by atoms with Crippen LogP contribution in [0.2, 0.25) is 13.1 Å². The minimum absolute atomic E-state index is 0.160. The monoisotopic (exact) mass is 698 g/mol. The fraction of sp³-hybridized carbons (Fsp3) is 0.364. The molecule has 4 aromatic rings. The maximum atomic E-state index is 2.64. The summed E-state index contributed by atoms with van der Waals surface area (Å²) < 4.78 is 1.26. The molecule has 0 spiro atoms. The molecular formula is C44H52SiZr. The molecule has 0 amide bonds. The van der Waals surface area contributed by atoms with Crippen LogP contribution in [-0.4, -0.2) is 5.43 Å². The number of allylic oxidation sites excluding steroid dienone is 2. The summed E-state index contributed by atoms with van der Waals surface area (Å²) in [6.07, 6.45) is 5.20. The van der Waals surface area contributed by atoms with Crippen molar-refractivity contribution in [2.24, 2.45) is 5.92 Å². The van der Waals surface area contributed by atoms with Crippen molar-refractivity contribution in [1.82, 2.24) is 0 Å². The molecule has 0 N–H and O–H groups in total. The van der Waals surface area contributed by atoms with E-state index in [0.29, 0.717) is 13.2 Å². The van der Waals surface area contributed by atoms with E-state index in [1.807, 2.05) is 0 Å². The van der Waals surface area contributed by atoms with Crippen LogP contribution in [0.3, 0.4) is 0 Å². The summed E-state index contributed by atoms with van der Waals surface area (Å²) in [5.41, 5.74) is 17.6.